The van der Waals surface area contributed by atoms with Crippen LogP contribution in [0.15, 0.2) is 114 Å². The Morgan fingerprint density at radius 2 is 0.950 bits per heavy atom. The van der Waals surface area contributed by atoms with Crippen LogP contribution in [0.3, 0.4) is 0 Å². The van der Waals surface area contributed by atoms with Gasteiger partial charge in [-0.3, -0.25) is 56.2 Å². The number of aromatic nitrogens is 6. The van der Waals surface area contributed by atoms with Crippen molar-refractivity contribution >= 4 is 142 Å². The molecule has 0 atom stereocenters. The molecule has 0 saturated heterocycles. The monoisotopic (exact) mass is 1600 g/mol. The molecule has 0 spiro atoms. The molecule has 10 rings (SSSR count). The van der Waals surface area contributed by atoms with Crippen molar-refractivity contribution in [1.29, 1.82) is 0 Å². The van der Waals surface area contributed by atoms with Crippen LogP contribution in [0.5, 0.6) is 0 Å². The minimum absolute atomic E-state index is 0. The van der Waals surface area contributed by atoms with Gasteiger partial charge in [-0.2, -0.15) is 0 Å². The fourth-order valence-corrected chi connectivity index (χ4v) is 11.0. The summed E-state index contributed by atoms with van der Waals surface area (Å²) < 4.78 is 37.7. The predicted molar refractivity (Wildman–Crippen MR) is 436 cm³/mol. The molecular weight excluding hydrogens is 1500 g/mol. The first-order valence-corrected chi connectivity index (χ1v) is 40.4. The molecule has 4 aromatic heterocycles. The maximum Gasteiger partial charge on any atom is 0.336 e. The third kappa shape index (κ3) is 23.3. The number of nitrogens with one attached hydrogen (secondary N) is 4. The third-order valence-electron chi connectivity index (χ3n) is 15.1. The van der Waals surface area contributed by atoms with Crippen LogP contribution in [-0.4, -0.2) is 84.2 Å². The highest BCUT2D eigenvalue weighted by Crippen LogP contribution is 2.36. The Kier molecular flexibility index (Phi) is 35.2. The first-order chi connectivity index (χ1) is 45.0. The zero-order chi connectivity index (χ0) is 71.6. The van der Waals surface area contributed by atoms with Crippen LogP contribution in [0.2, 0.25) is 39.3 Å². The lowest BCUT2D eigenvalue weighted by atomic mass is 10.1. The largest absolute Gasteiger partial charge is 0.338 e. The number of nitrogens with zero attached hydrogens (tertiary/aromatic N) is 7. The molecule has 8 aromatic rings. The average molecular weight is 1600 g/mol. The number of benzene rings is 4. The van der Waals surface area contributed by atoms with Gasteiger partial charge in [0.25, 0.3) is 22.2 Å². The summed E-state index contributed by atoms with van der Waals surface area (Å²) in [4.78, 5) is 108. The standard InChI is InChI=1S/C31H32FN5O4Si.C26H23FIN5O4.C6H15N.C5H10Si.CHCl3.5CH4/c1-18-27-26(28(35(3)29(18)39)34-25-13-10-20(16-24(25)32)14-15-42(4,5)6)30(40)37(22-11-12-22)31(41)36(27)23-9-7-8-21(17-23)33-19(2)38;1-13-22-21(23(31(3)24(13)35)30-20-10-7-15(28)11-19(20)27)25(36)33(17-8-9-17)26(37)32(22)18-6-4-5-16(12-18)29-14(2)34;1-4-7(5-2)6-3;1-5-6(2,3)4;2-1(3)4;;;;;/h7-10,13,16-17,22,34H,11-12H2,1-6H3,(H,33,38);4-7,10-12,17,30H,8-9H2,1-3H3,(H,29,34);4-6H2,1-3H3;1H,2-4H3;1H;5*1H4. The predicted octanol–water partition coefficient (Wildman–Crippen LogP) is 16.5. The SMILES string of the molecule is C.C.C.C.C.C#C[Si](C)(C)C.CC(=O)Nc1cccc(-n2c(=O)n(C3CC3)c(=O)c3c(Nc4ccc(C#C[Si](C)(C)C)cc4F)n(C)c(=O)c(C)c32)c1.CC(=O)Nc1cccc(-n2c(=O)n(C3CC3)c(=O)c3c(Nc4ccc(I)cc4F)n(C)c(=O)c(C)c32)c1.CCN(CC)CC.ClC(Cl)Cl. The van der Waals surface area contributed by atoms with Gasteiger partial charge in [0.1, 0.15) is 50.2 Å². The van der Waals surface area contributed by atoms with Crippen LogP contribution in [0.1, 0.15) is 126 Å². The van der Waals surface area contributed by atoms with E-state index in [4.69, 9.17) is 41.2 Å². The molecule has 2 aliphatic rings. The summed E-state index contributed by atoms with van der Waals surface area (Å²) in [5.41, 5.74) is 5.67. The second-order valence-corrected chi connectivity index (χ2v) is 37.7. The number of fused-ring (bicyclic) bond motifs is 2. The summed E-state index contributed by atoms with van der Waals surface area (Å²) in [6.45, 7) is 28.7. The summed E-state index contributed by atoms with van der Waals surface area (Å²) in [5, 5.41) is 11.5. The van der Waals surface area contributed by atoms with E-state index in [1.807, 2.05) is 22.6 Å². The van der Waals surface area contributed by atoms with Crippen LogP contribution in [0.25, 0.3) is 33.2 Å². The molecule has 101 heavy (non-hydrogen) atoms. The van der Waals surface area contributed by atoms with Gasteiger partial charge in [-0.25, -0.2) is 18.4 Å². The van der Waals surface area contributed by atoms with E-state index in [1.165, 1.54) is 99.2 Å². The van der Waals surface area contributed by atoms with Crippen molar-refractivity contribution in [2.75, 3.05) is 40.9 Å². The summed E-state index contributed by atoms with van der Waals surface area (Å²) in [5.74, 6) is 1.45. The Labute approximate surface area is 623 Å². The highest BCUT2D eigenvalue weighted by atomic mass is 127. The lowest BCUT2D eigenvalue weighted by molar-refractivity contribution is -0.115. The van der Waals surface area contributed by atoms with Gasteiger partial charge in [-0.15, -0.1) is 17.5 Å². The molecule has 0 radical (unpaired) electrons. The number of alkyl halides is 3. The van der Waals surface area contributed by atoms with Crippen LogP contribution < -0.4 is 54.9 Å². The molecule has 2 aliphatic carbocycles. The van der Waals surface area contributed by atoms with E-state index in [-0.39, 0.29) is 117 Å². The number of amides is 2. The number of carbonyl (C=O) groups excluding carboxylic acids is 2. The fourth-order valence-electron chi connectivity index (χ4n) is 10.0. The fraction of sp³-hybridized carbons (Fsp3) is 0.405. The average Bonchev–Trinajstić information content (AvgIpc) is 1.67. The summed E-state index contributed by atoms with van der Waals surface area (Å²) >= 11 is 16.4. The molecule has 0 unspecified atom stereocenters. The molecule has 0 bridgehead atoms. The highest BCUT2D eigenvalue weighted by molar-refractivity contribution is 14.1. The number of pyridine rings is 2. The molecule has 550 valence electrons. The van der Waals surface area contributed by atoms with E-state index >= 15 is 4.39 Å². The van der Waals surface area contributed by atoms with Gasteiger partial charge in [0.15, 0.2) is 4.30 Å². The van der Waals surface area contributed by atoms with Crippen molar-refractivity contribution in [3.05, 3.63) is 179 Å². The van der Waals surface area contributed by atoms with Gasteiger partial charge >= 0.3 is 11.4 Å². The molecule has 19 nitrogen and oxygen atoms in total. The number of aryl methyl sites for hydroxylation is 2. The van der Waals surface area contributed by atoms with Gasteiger partial charge in [0, 0.05) is 71.7 Å². The van der Waals surface area contributed by atoms with E-state index in [2.05, 4.69) is 103 Å². The molecule has 4 N–H and O–H groups in total. The third-order valence-corrected chi connectivity index (χ3v) is 17.5. The van der Waals surface area contributed by atoms with Crippen molar-refractivity contribution in [3.8, 4) is 34.8 Å². The quantitative estimate of drug-likeness (QED) is 0.0368. The Morgan fingerprint density at radius 3 is 1.25 bits per heavy atom. The minimum atomic E-state index is -1.67. The number of carbonyl (C=O) groups is 2. The van der Waals surface area contributed by atoms with Crippen molar-refractivity contribution in [2.24, 2.45) is 14.1 Å². The molecule has 4 aromatic carbocycles. The number of hydrogen-bond acceptors (Lipinski definition) is 11. The lowest BCUT2D eigenvalue weighted by Gasteiger charge is -2.21. The second-order valence-electron chi connectivity index (χ2n) is 25.0. The van der Waals surface area contributed by atoms with Crippen LogP contribution in [-0.2, 0) is 23.7 Å². The molecule has 2 saturated carbocycles. The van der Waals surface area contributed by atoms with Crippen molar-refractivity contribution in [2.45, 2.75) is 167 Å². The molecule has 2 fully saturated rings. The van der Waals surface area contributed by atoms with Gasteiger partial charge in [-0.1, -0.05) is 150 Å². The first kappa shape index (κ1) is 91.2. The lowest BCUT2D eigenvalue weighted by Crippen LogP contribution is -2.41. The Balaban J connectivity index is 0.000000792. The van der Waals surface area contributed by atoms with Crippen molar-refractivity contribution < 1.29 is 18.4 Å². The van der Waals surface area contributed by atoms with Gasteiger partial charge < -0.3 is 26.2 Å². The number of rotatable bonds is 13. The van der Waals surface area contributed by atoms with Crippen LogP contribution >= 0.6 is 57.4 Å². The number of anilines is 6. The number of halogens is 6. The van der Waals surface area contributed by atoms with E-state index in [9.17, 15) is 42.7 Å². The molecule has 0 aliphatic heterocycles. The Hall–Kier alpha value is -7.83. The second kappa shape index (κ2) is 39.0. The van der Waals surface area contributed by atoms with Gasteiger partial charge in [0.2, 0.25) is 11.8 Å². The van der Waals surface area contributed by atoms with E-state index in [1.54, 1.807) is 74.5 Å². The normalized spacial score (nSPS) is 11.9. The van der Waals surface area contributed by atoms with E-state index in [0.717, 1.165) is 0 Å². The molecule has 4 heterocycles. The maximum atomic E-state index is 15.4. The Bertz CT molecular complexity index is 4770. The van der Waals surface area contributed by atoms with E-state index < -0.39 is 65.7 Å². The maximum absolute atomic E-state index is 15.4. The van der Waals surface area contributed by atoms with Crippen LogP contribution in [0.4, 0.5) is 43.2 Å². The molecule has 27 heteroatoms. The summed E-state index contributed by atoms with van der Waals surface area (Å²) in [6.07, 6.45) is 7.78. The summed E-state index contributed by atoms with van der Waals surface area (Å²) in [7, 11) is 0.218. The molecular formula is C74H101Cl3F2IN11O8Si2. The zero-order valence-corrected chi connectivity index (χ0v) is 62.9. The molecule has 2 amide bonds. The minimum Gasteiger partial charge on any atom is -0.338 e. The van der Waals surface area contributed by atoms with Crippen molar-refractivity contribution in [1.82, 2.24) is 32.3 Å². The number of terminal acetylenes is 1. The van der Waals surface area contributed by atoms with Gasteiger partial charge in [0.05, 0.1) is 33.8 Å². The topological polar surface area (TPSA) is 218 Å². The zero-order valence-electron chi connectivity index (χ0n) is 56.5. The van der Waals surface area contributed by atoms with Crippen LogP contribution in [0, 0.1) is 52.5 Å². The smallest absolute Gasteiger partial charge is 0.336 e. The Morgan fingerprint density at radius 1 is 0.594 bits per heavy atom. The van der Waals surface area contributed by atoms with Gasteiger partial charge in [-0.05, 0) is 155 Å². The number of hydrogen-bond donors (Lipinski definition) is 4. The van der Waals surface area contributed by atoms with Crippen molar-refractivity contribution in [3.63, 3.8) is 0 Å². The highest BCUT2D eigenvalue weighted by Gasteiger charge is 2.34. The first-order valence-electron chi connectivity index (χ1n) is 31.0. The summed E-state index contributed by atoms with van der Waals surface area (Å²) in [6, 6.07) is 21.7. The van der Waals surface area contributed by atoms with E-state index in [0.29, 0.717) is 57.6 Å².